The number of carbonyl (C=O) groups excluding carboxylic acids is 1. The number of carboxylic acids is 1. The topological polar surface area (TPSA) is 54.4 Å². The third kappa shape index (κ3) is 2.91. The van der Waals surface area contributed by atoms with Crippen molar-refractivity contribution in [1.29, 1.82) is 0 Å². The summed E-state index contributed by atoms with van der Waals surface area (Å²) >= 11 is 0. The standard InChI is InChI=1S/C18H13F3O3/c19-18(20,21)15-4-2-1-3-13(15)10-5-6-14-11(7-10)8-12(17(14)24)9-16(22)23/h1-7,12H,8-9H2,(H,22,23). The normalized spacial score (nSPS) is 17.0. The van der Waals surface area contributed by atoms with E-state index in [-0.39, 0.29) is 24.2 Å². The predicted molar refractivity (Wildman–Crippen MR) is 80.7 cm³/mol. The Morgan fingerprint density at radius 2 is 1.83 bits per heavy atom. The van der Waals surface area contributed by atoms with Crippen LogP contribution in [0.15, 0.2) is 42.5 Å². The number of ketones is 1. The number of hydrogen-bond donors (Lipinski definition) is 1. The van der Waals surface area contributed by atoms with E-state index in [0.29, 0.717) is 16.7 Å². The van der Waals surface area contributed by atoms with Gasteiger partial charge >= 0.3 is 12.1 Å². The molecule has 1 atom stereocenters. The van der Waals surface area contributed by atoms with Crippen molar-refractivity contribution in [2.75, 3.05) is 0 Å². The van der Waals surface area contributed by atoms with Gasteiger partial charge in [0.25, 0.3) is 0 Å². The lowest BCUT2D eigenvalue weighted by atomic mass is 9.96. The molecule has 0 amide bonds. The maximum absolute atomic E-state index is 13.2. The molecule has 0 bridgehead atoms. The SMILES string of the molecule is O=C(O)CC1Cc2cc(-c3ccccc3C(F)(F)F)ccc2C1=O. The molecule has 1 aliphatic rings. The lowest BCUT2D eigenvalue weighted by molar-refractivity contribution is -0.138. The van der Waals surface area contributed by atoms with E-state index >= 15 is 0 Å². The minimum Gasteiger partial charge on any atom is -0.481 e. The molecule has 0 spiro atoms. The van der Waals surface area contributed by atoms with E-state index in [4.69, 9.17) is 5.11 Å². The quantitative estimate of drug-likeness (QED) is 0.915. The van der Waals surface area contributed by atoms with Gasteiger partial charge in [0.15, 0.2) is 5.78 Å². The smallest absolute Gasteiger partial charge is 0.417 e. The molecule has 0 saturated carbocycles. The summed E-state index contributed by atoms with van der Waals surface area (Å²) in [5, 5.41) is 8.85. The maximum atomic E-state index is 13.2. The molecule has 3 nitrogen and oxygen atoms in total. The van der Waals surface area contributed by atoms with Gasteiger partial charge in [-0.05, 0) is 29.2 Å². The summed E-state index contributed by atoms with van der Waals surface area (Å²) in [6.45, 7) is 0. The number of rotatable bonds is 3. The molecule has 24 heavy (non-hydrogen) atoms. The van der Waals surface area contributed by atoms with Crippen LogP contribution in [0.1, 0.15) is 27.9 Å². The number of aliphatic carboxylic acids is 1. The van der Waals surface area contributed by atoms with Crippen LogP contribution in [0.4, 0.5) is 13.2 Å². The van der Waals surface area contributed by atoms with Crippen LogP contribution in [-0.4, -0.2) is 16.9 Å². The maximum Gasteiger partial charge on any atom is 0.417 e. The minimum atomic E-state index is -4.47. The lowest BCUT2D eigenvalue weighted by Crippen LogP contribution is -2.13. The van der Waals surface area contributed by atoms with Crippen LogP contribution in [0.5, 0.6) is 0 Å². The first kappa shape index (κ1) is 16.2. The molecule has 1 N–H and O–H groups in total. The van der Waals surface area contributed by atoms with E-state index in [9.17, 15) is 22.8 Å². The zero-order valence-electron chi connectivity index (χ0n) is 12.4. The summed E-state index contributed by atoms with van der Waals surface area (Å²) in [4.78, 5) is 23.0. The number of halogens is 3. The first-order valence-corrected chi connectivity index (χ1v) is 7.33. The van der Waals surface area contributed by atoms with E-state index in [0.717, 1.165) is 6.07 Å². The summed E-state index contributed by atoms with van der Waals surface area (Å²) in [5.74, 6) is -1.97. The van der Waals surface area contributed by atoms with Gasteiger partial charge in [-0.25, -0.2) is 0 Å². The second-order valence-corrected chi connectivity index (χ2v) is 5.78. The molecule has 0 heterocycles. The van der Waals surface area contributed by atoms with Crippen molar-refractivity contribution in [2.45, 2.75) is 19.0 Å². The first-order chi connectivity index (χ1) is 11.3. The highest BCUT2D eigenvalue weighted by molar-refractivity contribution is 6.04. The molecule has 2 aromatic carbocycles. The molecule has 0 fully saturated rings. The van der Waals surface area contributed by atoms with E-state index in [1.807, 2.05) is 0 Å². The Balaban J connectivity index is 2.01. The molecule has 124 valence electrons. The summed E-state index contributed by atoms with van der Waals surface area (Å²) < 4.78 is 39.5. The predicted octanol–water partition coefficient (Wildman–Crippen LogP) is 4.20. The summed E-state index contributed by atoms with van der Waals surface area (Å²) in [7, 11) is 0. The lowest BCUT2D eigenvalue weighted by Gasteiger charge is -2.13. The van der Waals surface area contributed by atoms with Crippen LogP contribution in [-0.2, 0) is 17.4 Å². The third-order valence-corrected chi connectivity index (χ3v) is 4.17. The van der Waals surface area contributed by atoms with Crippen LogP contribution in [0.2, 0.25) is 0 Å². The summed E-state index contributed by atoms with van der Waals surface area (Å²) in [6, 6.07) is 9.77. The Kier molecular flexibility index (Phi) is 3.91. The molecule has 0 radical (unpaired) electrons. The highest BCUT2D eigenvalue weighted by Gasteiger charge is 2.35. The van der Waals surface area contributed by atoms with Gasteiger partial charge in [-0.2, -0.15) is 13.2 Å². The summed E-state index contributed by atoms with van der Waals surface area (Å²) in [5.41, 5.74) is 0.666. The molecule has 1 unspecified atom stereocenters. The molecule has 0 aliphatic heterocycles. The molecule has 3 rings (SSSR count). The molecule has 1 aliphatic carbocycles. The van der Waals surface area contributed by atoms with Crippen LogP contribution in [0.3, 0.4) is 0 Å². The molecular weight excluding hydrogens is 321 g/mol. The third-order valence-electron chi connectivity index (χ3n) is 4.17. The second kappa shape index (κ2) is 5.78. The van der Waals surface area contributed by atoms with Crippen molar-refractivity contribution >= 4 is 11.8 Å². The monoisotopic (exact) mass is 334 g/mol. The van der Waals surface area contributed by atoms with Crippen molar-refractivity contribution < 1.29 is 27.9 Å². The van der Waals surface area contributed by atoms with Gasteiger partial charge in [-0.1, -0.05) is 36.4 Å². The van der Waals surface area contributed by atoms with Gasteiger partial charge in [0.1, 0.15) is 0 Å². The van der Waals surface area contributed by atoms with Gasteiger partial charge < -0.3 is 5.11 Å². The molecule has 6 heteroatoms. The van der Waals surface area contributed by atoms with E-state index in [1.165, 1.54) is 30.3 Å². The number of hydrogen-bond acceptors (Lipinski definition) is 2. The minimum absolute atomic E-state index is 0.0435. The highest BCUT2D eigenvalue weighted by atomic mass is 19.4. The molecular formula is C18H13F3O3. The Hall–Kier alpha value is -2.63. The largest absolute Gasteiger partial charge is 0.481 e. The van der Waals surface area contributed by atoms with E-state index in [1.54, 1.807) is 6.07 Å². The number of alkyl halides is 3. The zero-order chi connectivity index (χ0) is 17.5. The number of carbonyl (C=O) groups is 2. The van der Waals surface area contributed by atoms with Crippen LogP contribution in [0, 0.1) is 5.92 Å². The fraction of sp³-hybridized carbons (Fsp3) is 0.222. The van der Waals surface area contributed by atoms with E-state index < -0.39 is 23.6 Å². The van der Waals surface area contributed by atoms with Crippen molar-refractivity contribution in [2.24, 2.45) is 5.92 Å². The van der Waals surface area contributed by atoms with Crippen LogP contribution in [0.25, 0.3) is 11.1 Å². The van der Waals surface area contributed by atoms with Crippen LogP contribution >= 0.6 is 0 Å². The fourth-order valence-corrected chi connectivity index (χ4v) is 3.11. The molecule has 0 aromatic heterocycles. The Morgan fingerprint density at radius 1 is 1.12 bits per heavy atom. The van der Waals surface area contributed by atoms with Gasteiger partial charge in [-0.15, -0.1) is 0 Å². The second-order valence-electron chi connectivity index (χ2n) is 5.78. The van der Waals surface area contributed by atoms with E-state index in [2.05, 4.69) is 0 Å². The van der Waals surface area contributed by atoms with Gasteiger partial charge in [-0.3, -0.25) is 9.59 Å². The van der Waals surface area contributed by atoms with Crippen molar-refractivity contribution in [3.05, 3.63) is 59.2 Å². The average Bonchev–Trinajstić information content (AvgIpc) is 2.81. The zero-order valence-corrected chi connectivity index (χ0v) is 12.4. The number of benzene rings is 2. The molecule has 0 saturated heterocycles. The molecule has 2 aromatic rings. The highest BCUT2D eigenvalue weighted by Crippen LogP contribution is 2.39. The van der Waals surface area contributed by atoms with Gasteiger partial charge in [0.05, 0.1) is 12.0 Å². The Bertz CT molecular complexity index is 824. The van der Waals surface area contributed by atoms with Gasteiger partial charge in [0, 0.05) is 11.5 Å². The average molecular weight is 334 g/mol. The number of carboxylic acid groups (broad SMARTS) is 1. The first-order valence-electron chi connectivity index (χ1n) is 7.33. The van der Waals surface area contributed by atoms with Crippen molar-refractivity contribution in [3.63, 3.8) is 0 Å². The number of Topliss-reactive ketones (excluding diaryl/α,β-unsaturated/α-hetero) is 1. The van der Waals surface area contributed by atoms with Gasteiger partial charge in [0.2, 0.25) is 0 Å². The van der Waals surface area contributed by atoms with Crippen molar-refractivity contribution in [3.8, 4) is 11.1 Å². The summed E-state index contributed by atoms with van der Waals surface area (Å²) in [6.07, 6.45) is -4.51. The van der Waals surface area contributed by atoms with Crippen molar-refractivity contribution in [1.82, 2.24) is 0 Å². The number of fused-ring (bicyclic) bond motifs is 1. The Labute approximate surface area is 135 Å². The fourth-order valence-electron chi connectivity index (χ4n) is 3.11. The van der Waals surface area contributed by atoms with Crippen LogP contribution < -0.4 is 0 Å². The Morgan fingerprint density at radius 3 is 2.50 bits per heavy atom.